The Morgan fingerprint density at radius 2 is 1.95 bits per heavy atom. The number of rotatable bonds is 3. The van der Waals surface area contributed by atoms with Crippen LogP contribution in [-0.2, 0) is 10.0 Å². The number of amides is 1. The Morgan fingerprint density at radius 3 is 2.42 bits per heavy atom. The summed E-state index contributed by atoms with van der Waals surface area (Å²) in [6.07, 6.45) is 2.86. The Morgan fingerprint density at radius 1 is 1.32 bits per heavy atom. The Hall–Kier alpha value is -0.820. The van der Waals surface area contributed by atoms with E-state index in [4.69, 9.17) is 28.3 Å². The predicted molar refractivity (Wildman–Crippen MR) is 72.9 cm³/mol. The van der Waals surface area contributed by atoms with Gasteiger partial charge in [0.25, 0.3) is 5.91 Å². The van der Waals surface area contributed by atoms with E-state index < -0.39 is 15.9 Å². The van der Waals surface area contributed by atoms with E-state index in [1.165, 1.54) is 12.1 Å². The SMILES string of the molecule is NS(=O)(=O)c1ccc(Cl)c(C(=O)NC2CCC2)c1Cl. The minimum atomic E-state index is -4.00. The summed E-state index contributed by atoms with van der Waals surface area (Å²) in [7, 11) is -4.00. The van der Waals surface area contributed by atoms with Crippen LogP contribution in [0, 0.1) is 0 Å². The van der Waals surface area contributed by atoms with E-state index in [1.54, 1.807) is 0 Å². The second-order valence-electron chi connectivity index (χ2n) is 4.38. The number of carbonyl (C=O) groups is 1. The molecule has 0 bridgehead atoms. The third kappa shape index (κ3) is 3.02. The molecule has 0 aromatic heterocycles. The van der Waals surface area contributed by atoms with Crippen molar-refractivity contribution in [2.75, 3.05) is 0 Å². The third-order valence-corrected chi connectivity index (χ3v) is 4.80. The van der Waals surface area contributed by atoms with Gasteiger partial charge in [-0.1, -0.05) is 23.2 Å². The molecular weight excluding hydrogens is 311 g/mol. The fourth-order valence-corrected chi connectivity index (χ4v) is 3.25. The van der Waals surface area contributed by atoms with Crippen LogP contribution in [0.4, 0.5) is 0 Å². The molecule has 3 N–H and O–H groups in total. The number of hydrogen-bond donors (Lipinski definition) is 2. The molecule has 1 aliphatic rings. The van der Waals surface area contributed by atoms with Crippen molar-refractivity contribution in [3.8, 4) is 0 Å². The summed E-state index contributed by atoms with van der Waals surface area (Å²) < 4.78 is 22.7. The van der Waals surface area contributed by atoms with E-state index >= 15 is 0 Å². The van der Waals surface area contributed by atoms with Crippen LogP contribution in [0.15, 0.2) is 17.0 Å². The zero-order valence-corrected chi connectivity index (χ0v) is 12.1. The van der Waals surface area contributed by atoms with Crippen molar-refractivity contribution in [1.82, 2.24) is 5.32 Å². The van der Waals surface area contributed by atoms with Crippen LogP contribution in [0.1, 0.15) is 29.6 Å². The minimum absolute atomic E-state index is 0.0539. The number of nitrogens with one attached hydrogen (secondary N) is 1. The van der Waals surface area contributed by atoms with Gasteiger partial charge in [-0.05, 0) is 31.4 Å². The highest BCUT2D eigenvalue weighted by Crippen LogP contribution is 2.31. The van der Waals surface area contributed by atoms with E-state index in [0.29, 0.717) is 0 Å². The first kappa shape index (κ1) is 14.6. The number of carbonyl (C=O) groups excluding carboxylic acids is 1. The summed E-state index contributed by atoms with van der Waals surface area (Å²) in [5.41, 5.74) is -0.0539. The molecule has 19 heavy (non-hydrogen) atoms. The van der Waals surface area contributed by atoms with Gasteiger partial charge < -0.3 is 5.32 Å². The van der Waals surface area contributed by atoms with E-state index in [1.807, 2.05) is 0 Å². The van der Waals surface area contributed by atoms with Crippen molar-refractivity contribution < 1.29 is 13.2 Å². The van der Waals surface area contributed by atoms with Crippen molar-refractivity contribution in [3.63, 3.8) is 0 Å². The predicted octanol–water partition coefficient (Wildman–Crippen LogP) is 1.92. The van der Waals surface area contributed by atoms with Gasteiger partial charge in [0.2, 0.25) is 10.0 Å². The zero-order chi connectivity index (χ0) is 14.2. The first-order chi connectivity index (χ1) is 8.80. The van der Waals surface area contributed by atoms with Crippen molar-refractivity contribution in [2.24, 2.45) is 5.14 Å². The minimum Gasteiger partial charge on any atom is -0.349 e. The Labute approximate surface area is 121 Å². The smallest absolute Gasteiger partial charge is 0.254 e. The van der Waals surface area contributed by atoms with Gasteiger partial charge in [0, 0.05) is 6.04 Å². The molecule has 1 aliphatic carbocycles. The van der Waals surface area contributed by atoms with Crippen molar-refractivity contribution >= 4 is 39.1 Å². The standard InChI is InChI=1S/C11H12Cl2N2O3S/c12-7-4-5-8(19(14,17)18)10(13)9(7)11(16)15-6-2-1-3-6/h4-6H,1-3H2,(H,15,16)(H2,14,17,18). The molecule has 1 saturated carbocycles. The highest BCUT2D eigenvalue weighted by atomic mass is 35.5. The molecule has 8 heteroatoms. The van der Waals surface area contributed by atoms with Crippen molar-refractivity contribution in [3.05, 3.63) is 27.7 Å². The average Bonchev–Trinajstić information content (AvgIpc) is 2.21. The highest BCUT2D eigenvalue weighted by Gasteiger charge is 2.26. The third-order valence-electron chi connectivity index (χ3n) is 3.03. The number of hydrogen-bond acceptors (Lipinski definition) is 3. The van der Waals surface area contributed by atoms with Gasteiger partial charge in [-0.25, -0.2) is 13.6 Å². The highest BCUT2D eigenvalue weighted by molar-refractivity contribution is 7.89. The largest absolute Gasteiger partial charge is 0.349 e. The van der Waals surface area contributed by atoms with Gasteiger partial charge >= 0.3 is 0 Å². The molecule has 0 atom stereocenters. The molecule has 1 fully saturated rings. The van der Waals surface area contributed by atoms with Crippen LogP contribution in [0.3, 0.4) is 0 Å². The molecule has 0 spiro atoms. The lowest BCUT2D eigenvalue weighted by atomic mass is 9.93. The normalized spacial score (nSPS) is 15.9. The van der Waals surface area contributed by atoms with Crippen LogP contribution >= 0.6 is 23.2 Å². The first-order valence-corrected chi connectivity index (χ1v) is 7.92. The molecule has 104 valence electrons. The maximum Gasteiger partial charge on any atom is 0.254 e. The number of primary sulfonamides is 1. The van der Waals surface area contributed by atoms with Crippen molar-refractivity contribution in [2.45, 2.75) is 30.2 Å². The fourth-order valence-electron chi connectivity index (χ4n) is 1.77. The number of halogens is 2. The van der Waals surface area contributed by atoms with Crippen LogP contribution in [0.25, 0.3) is 0 Å². The van der Waals surface area contributed by atoms with Crippen LogP contribution in [0.5, 0.6) is 0 Å². The summed E-state index contributed by atoms with van der Waals surface area (Å²) in [4.78, 5) is 11.7. The summed E-state index contributed by atoms with van der Waals surface area (Å²) in [6.45, 7) is 0. The first-order valence-electron chi connectivity index (χ1n) is 5.62. The fraction of sp³-hybridized carbons (Fsp3) is 0.364. The number of nitrogens with two attached hydrogens (primary N) is 1. The lowest BCUT2D eigenvalue weighted by Crippen LogP contribution is -2.39. The lowest BCUT2D eigenvalue weighted by Gasteiger charge is -2.26. The molecule has 0 saturated heterocycles. The molecule has 1 aromatic carbocycles. The number of sulfonamides is 1. The molecule has 2 rings (SSSR count). The molecule has 1 amide bonds. The van der Waals surface area contributed by atoms with Gasteiger partial charge in [0.1, 0.15) is 4.90 Å². The van der Waals surface area contributed by atoms with Crippen LogP contribution in [0.2, 0.25) is 10.0 Å². The Kier molecular flexibility index (Phi) is 4.06. The van der Waals surface area contributed by atoms with Gasteiger partial charge in [-0.3, -0.25) is 4.79 Å². The van der Waals surface area contributed by atoms with E-state index in [0.717, 1.165) is 19.3 Å². The monoisotopic (exact) mass is 322 g/mol. The van der Waals surface area contributed by atoms with Crippen LogP contribution < -0.4 is 10.5 Å². The summed E-state index contributed by atoms with van der Waals surface area (Å²) in [5, 5.41) is 7.63. The van der Waals surface area contributed by atoms with Gasteiger partial charge in [-0.2, -0.15) is 0 Å². The van der Waals surface area contributed by atoms with Gasteiger partial charge in [0.15, 0.2) is 0 Å². The molecule has 5 nitrogen and oxygen atoms in total. The van der Waals surface area contributed by atoms with Gasteiger partial charge in [0.05, 0.1) is 15.6 Å². The lowest BCUT2D eigenvalue weighted by molar-refractivity contribution is 0.0917. The Bertz CT molecular complexity index is 627. The number of benzene rings is 1. The second kappa shape index (κ2) is 5.28. The zero-order valence-electron chi connectivity index (χ0n) is 9.82. The average molecular weight is 323 g/mol. The molecule has 1 aromatic rings. The molecular formula is C11H12Cl2N2O3S. The maximum atomic E-state index is 12.1. The Balaban J connectivity index is 2.41. The topological polar surface area (TPSA) is 89.3 Å². The van der Waals surface area contributed by atoms with Gasteiger partial charge in [-0.15, -0.1) is 0 Å². The quantitative estimate of drug-likeness (QED) is 0.890. The second-order valence-corrected chi connectivity index (χ2v) is 6.70. The molecule has 0 radical (unpaired) electrons. The molecule has 0 heterocycles. The summed E-state index contributed by atoms with van der Waals surface area (Å²) in [6, 6.07) is 2.57. The van der Waals surface area contributed by atoms with E-state index in [2.05, 4.69) is 5.32 Å². The summed E-state index contributed by atoms with van der Waals surface area (Å²) >= 11 is 11.8. The molecule has 0 unspecified atom stereocenters. The summed E-state index contributed by atoms with van der Waals surface area (Å²) in [5.74, 6) is -0.481. The van der Waals surface area contributed by atoms with Crippen LogP contribution in [-0.4, -0.2) is 20.4 Å². The van der Waals surface area contributed by atoms with E-state index in [9.17, 15) is 13.2 Å². The maximum absolute atomic E-state index is 12.1. The van der Waals surface area contributed by atoms with Crippen molar-refractivity contribution in [1.29, 1.82) is 0 Å². The molecule has 0 aliphatic heterocycles. The van der Waals surface area contributed by atoms with E-state index in [-0.39, 0.29) is 26.5 Å².